The predicted octanol–water partition coefficient (Wildman–Crippen LogP) is 5.87. The number of hydrogen-bond donors (Lipinski definition) is 1. The number of benzene rings is 3. The molecule has 0 bridgehead atoms. The lowest BCUT2D eigenvalue weighted by atomic mass is 10.1. The number of nitro groups is 1. The zero-order chi connectivity index (χ0) is 19.1. The summed E-state index contributed by atoms with van der Waals surface area (Å²) in [7, 11) is 0. The Morgan fingerprint density at radius 1 is 0.815 bits per heavy atom. The van der Waals surface area contributed by atoms with E-state index in [2.05, 4.69) is 20.5 Å². The van der Waals surface area contributed by atoms with Gasteiger partial charge in [0.1, 0.15) is 11.4 Å². The molecule has 1 atom stereocenters. The maximum absolute atomic E-state index is 10.8. The minimum absolute atomic E-state index is 0.0105. The van der Waals surface area contributed by atoms with E-state index < -0.39 is 11.1 Å². The molecule has 27 heavy (non-hydrogen) atoms. The molecular formula is C19H15N5O3. The molecule has 0 aliphatic rings. The van der Waals surface area contributed by atoms with Gasteiger partial charge >= 0.3 is 0 Å². The summed E-state index contributed by atoms with van der Waals surface area (Å²) in [6, 6.07) is 21.5. The van der Waals surface area contributed by atoms with E-state index in [1.807, 2.05) is 18.2 Å². The third kappa shape index (κ3) is 4.79. The van der Waals surface area contributed by atoms with Crippen LogP contribution in [0.1, 0.15) is 11.7 Å². The van der Waals surface area contributed by atoms with Crippen molar-refractivity contribution in [1.29, 1.82) is 0 Å². The largest absolute Gasteiger partial charge is 0.506 e. The average molecular weight is 361 g/mol. The van der Waals surface area contributed by atoms with Crippen LogP contribution in [0.25, 0.3) is 0 Å². The van der Waals surface area contributed by atoms with Crippen molar-refractivity contribution < 1.29 is 10.0 Å². The molecule has 3 aromatic carbocycles. The van der Waals surface area contributed by atoms with Crippen LogP contribution in [0.5, 0.6) is 5.75 Å². The second kappa shape index (κ2) is 8.43. The number of nitrogens with zero attached hydrogens (tertiary/aromatic N) is 5. The number of hydrogen-bond acceptors (Lipinski definition) is 7. The Kier molecular flexibility index (Phi) is 5.58. The van der Waals surface area contributed by atoms with Gasteiger partial charge in [-0.25, -0.2) is 0 Å². The van der Waals surface area contributed by atoms with E-state index in [0.29, 0.717) is 16.9 Å². The number of para-hydroxylation sites is 1. The number of nitro benzene ring substituents is 1. The highest BCUT2D eigenvalue weighted by Gasteiger charge is 2.12. The van der Waals surface area contributed by atoms with E-state index in [9.17, 15) is 15.2 Å². The number of rotatable bonds is 6. The van der Waals surface area contributed by atoms with Crippen LogP contribution in [0, 0.1) is 10.1 Å². The fourth-order valence-electron chi connectivity index (χ4n) is 2.21. The van der Waals surface area contributed by atoms with Crippen molar-refractivity contribution in [3.05, 3.63) is 94.5 Å². The van der Waals surface area contributed by atoms with Gasteiger partial charge in [-0.2, -0.15) is 15.3 Å². The minimum Gasteiger partial charge on any atom is -0.506 e. The van der Waals surface area contributed by atoms with Gasteiger partial charge in [0.05, 0.1) is 10.6 Å². The second-order valence-corrected chi connectivity index (χ2v) is 5.48. The Balaban J connectivity index is 1.91. The van der Waals surface area contributed by atoms with E-state index in [1.165, 1.54) is 18.2 Å². The smallest absolute Gasteiger partial charge is 0.269 e. The maximum Gasteiger partial charge on any atom is 0.269 e. The summed E-state index contributed by atoms with van der Waals surface area (Å²) in [6.45, 7) is 0. The van der Waals surface area contributed by atoms with Crippen LogP contribution in [-0.4, -0.2) is 10.0 Å². The van der Waals surface area contributed by atoms with Gasteiger partial charge in [0.15, 0.2) is 0 Å². The molecule has 0 fully saturated rings. The lowest BCUT2D eigenvalue weighted by Gasteiger charge is -2.06. The quantitative estimate of drug-likeness (QED) is 0.336. The standard InChI is InChI=1S/C19H15N5O3/c25-18-9-5-4-8-17(18)21-23-19(22-20-15-6-2-1-3-7-15)14-10-12-16(13-11-14)24(26)27/h1-13,19,25H. The number of non-ortho nitro benzene ring substituents is 1. The summed E-state index contributed by atoms with van der Waals surface area (Å²) in [5, 5.41) is 37.2. The summed E-state index contributed by atoms with van der Waals surface area (Å²) in [4.78, 5) is 10.4. The molecule has 0 radical (unpaired) electrons. The summed E-state index contributed by atoms with van der Waals surface area (Å²) in [5.41, 5.74) is 1.48. The molecule has 0 aliphatic carbocycles. The Morgan fingerprint density at radius 3 is 2.11 bits per heavy atom. The lowest BCUT2D eigenvalue weighted by Crippen LogP contribution is -1.92. The SMILES string of the molecule is O=[N+]([O-])c1ccc(C(N=Nc2ccccc2)N=Nc2ccccc2O)cc1. The summed E-state index contributed by atoms with van der Waals surface area (Å²) >= 11 is 0. The molecule has 0 heterocycles. The lowest BCUT2D eigenvalue weighted by molar-refractivity contribution is -0.384. The van der Waals surface area contributed by atoms with Crippen molar-refractivity contribution in [3.63, 3.8) is 0 Å². The Bertz CT molecular complexity index is 972. The molecule has 3 aromatic rings. The molecular weight excluding hydrogens is 346 g/mol. The van der Waals surface area contributed by atoms with Crippen LogP contribution in [0.2, 0.25) is 0 Å². The molecule has 8 nitrogen and oxygen atoms in total. The molecule has 1 N–H and O–H groups in total. The van der Waals surface area contributed by atoms with Gasteiger partial charge < -0.3 is 5.11 Å². The zero-order valence-corrected chi connectivity index (χ0v) is 14.1. The molecule has 3 rings (SSSR count). The number of phenolic OH excluding ortho intramolecular Hbond substituents is 1. The summed E-state index contributed by atoms with van der Waals surface area (Å²) in [5.74, 6) is -0.0105. The number of aromatic hydroxyl groups is 1. The van der Waals surface area contributed by atoms with Crippen molar-refractivity contribution in [2.45, 2.75) is 6.17 Å². The maximum atomic E-state index is 10.8. The molecule has 0 saturated heterocycles. The summed E-state index contributed by atoms with van der Waals surface area (Å²) < 4.78 is 0. The van der Waals surface area contributed by atoms with Gasteiger partial charge in [-0.05, 0) is 36.4 Å². The highest BCUT2D eigenvalue weighted by Crippen LogP contribution is 2.29. The van der Waals surface area contributed by atoms with E-state index >= 15 is 0 Å². The van der Waals surface area contributed by atoms with Crippen molar-refractivity contribution >= 4 is 17.1 Å². The fraction of sp³-hybridized carbons (Fsp3) is 0.0526. The van der Waals surface area contributed by atoms with Crippen LogP contribution < -0.4 is 0 Å². The van der Waals surface area contributed by atoms with E-state index in [1.54, 1.807) is 42.5 Å². The van der Waals surface area contributed by atoms with Gasteiger partial charge in [0.2, 0.25) is 6.17 Å². The van der Waals surface area contributed by atoms with Crippen LogP contribution in [0.15, 0.2) is 99.3 Å². The predicted molar refractivity (Wildman–Crippen MR) is 99.4 cm³/mol. The zero-order valence-electron chi connectivity index (χ0n) is 14.1. The molecule has 0 amide bonds. The first-order chi connectivity index (χ1) is 13.1. The van der Waals surface area contributed by atoms with Gasteiger partial charge in [-0.15, -0.1) is 5.11 Å². The molecule has 134 valence electrons. The average Bonchev–Trinajstić information content (AvgIpc) is 2.70. The first-order valence-corrected chi connectivity index (χ1v) is 8.02. The van der Waals surface area contributed by atoms with Gasteiger partial charge in [0, 0.05) is 17.7 Å². The highest BCUT2D eigenvalue weighted by atomic mass is 16.6. The number of azo groups is 2. The molecule has 1 unspecified atom stereocenters. The fourth-order valence-corrected chi connectivity index (χ4v) is 2.21. The first-order valence-electron chi connectivity index (χ1n) is 8.02. The molecule has 0 saturated carbocycles. The monoisotopic (exact) mass is 361 g/mol. The minimum atomic E-state index is -0.814. The first kappa shape index (κ1) is 17.9. The third-order valence-electron chi connectivity index (χ3n) is 3.60. The van der Waals surface area contributed by atoms with E-state index in [0.717, 1.165) is 0 Å². The van der Waals surface area contributed by atoms with Crippen molar-refractivity contribution in [2.75, 3.05) is 0 Å². The summed E-state index contributed by atoms with van der Waals surface area (Å²) in [6.07, 6.45) is -0.814. The highest BCUT2D eigenvalue weighted by molar-refractivity contribution is 5.49. The van der Waals surface area contributed by atoms with Gasteiger partial charge in [-0.1, -0.05) is 30.3 Å². The van der Waals surface area contributed by atoms with Crippen molar-refractivity contribution in [1.82, 2.24) is 0 Å². The Morgan fingerprint density at radius 2 is 1.44 bits per heavy atom. The van der Waals surface area contributed by atoms with E-state index in [-0.39, 0.29) is 11.4 Å². The molecule has 0 aliphatic heterocycles. The molecule has 0 aromatic heterocycles. The molecule has 8 heteroatoms. The molecule has 0 spiro atoms. The Hall–Kier alpha value is -3.94. The van der Waals surface area contributed by atoms with Crippen LogP contribution in [0.4, 0.5) is 17.1 Å². The normalized spacial score (nSPS) is 12.4. The van der Waals surface area contributed by atoms with Crippen LogP contribution >= 0.6 is 0 Å². The van der Waals surface area contributed by atoms with Gasteiger partial charge in [-0.3, -0.25) is 10.1 Å². The Labute approximate surface area is 154 Å². The number of phenols is 1. The second-order valence-electron chi connectivity index (χ2n) is 5.48. The van der Waals surface area contributed by atoms with Crippen molar-refractivity contribution in [2.24, 2.45) is 20.5 Å². The van der Waals surface area contributed by atoms with Crippen molar-refractivity contribution in [3.8, 4) is 5.75 Å². The topological polar surface area (TPSA) is 113 Å². The van der Waals surface area contributed by atoms with Crippen LogP contribution in [0.3, 0.4) is 0 Å². The third-order valence-corrected chi connectivity index (χ3v) is 3.60. The van der Waals surface area contributed by atoms with E-state index in [4.69, 9.17) is 0 Å². The van der Waals surface area contributed by atoms with Crippen LogP contribution in [-0.2, 0) is 0 Å². The van der Waals surface area contributed by atoms with Gasteiger partial charge in [0.25, 0.3) is 5.69 Å².